The van der Waals surface area contributed by atoms with E-state index in [2.05, 4.69) is 0 Å². The second kappa shape index (κ2) is 10.5. The van der Waals surface area contributed by atoms with Crippen LogP contribution in [0.4, 0.5) is 0 Å². The van der Waals surface area contributed by atoms with E-state index in [4.69, 9.17) is 5.10 Å². The molecule has 0 spiro atoms. The van der Waals surface area contributed by atoms with Gasteiger partial charge in [-0.05, 0) is 46.2 Å². The molecule has 0 atom stereocenters. The summed E-state index contributed by atoms with van der Waals surface area (Å²) in [4.78, 5) is 39.2. The molecule has 6 rings (SSSR count). The van der Waals surface area contributed by atoms with Gasteiger partial charge in [-0.3, -0.25) is 18.6 Å². The van der Waals surface area contributed by atoms with Crippen molar-refractivity contribution in [3.05, 3.63) is 129 Å². The number of fused-ring (bicyclic) bond motifs is 2. The molecular formula is C32H26N4O6S. The Labute approximate surface area is 245 Å². The van der Waals surface area contributed by atoms with Crippen molar-refractivity contribution in [3.63, 3.8) is 0 Å². The lowest BCUT2D eigenvalue weighted by atomic mass is 10.0. The lowest BCUT2D eigenvalue weighted by Gasteiger charge is -2.11. The minimum atomic E-state index is -3.50. The molecule has 2 heterocycles. The summed E-state index contributed by atoms with van der Waals surface area (Å²) >= 11 is 0. The first-order chi connectivity index (χ1) is 20.5. The molecule has 0 saturated heterocycles. The van der Waals surface area contributed by atoms with Crippen LogP contribution in [0.25, 0.3) is 33.1 Å². The Morgan fingerprint density at radius 1 is 0.884 bits per heavy atom. The highest BCUT2D eigenvalue weighted by Crippen LogP contribution is 2.29. The summed E-state index contributed by atoms with van der Waals surface area (Å²) in [7, 11) is -2.13. The van der Waals surface area contributed by atoms with E-state index in [0.717, 1.165) is 27.2 Å². The number of carboxylic acids is 1. The predicted octanol–water partition coefficient (Wildman–Crippen LogP) is 3.92. The van der Waals surface area contributed by atoms with Crippen molar-refractivity contribution in [3.8, 4) is 11.3 Å². The number of nitrogens with zero attached hydrogens (tertiary/aromatic N) is 4. The average Bonchev–Trinajstić information content (AvgIpc) is 3.37. The molecule has 43 heavy (non-hydrogen) atoms. The van der Waals surface area contributed by atoms with Gasteiger partial charge in [0.2, 0.25) is 0 Å². The zero-order valence-corrected chi connectivity index (χ0v) is 24.1. The van der Waals surface area contributed by atoms with Gasteiger partial charge in [-0.15, -0.1) is 0 Å². The highest BCUT2D eigenvalue weighted by molar-refractivity contribution is 7.90. The molecule has 0 amide bonds. The van der Waals surface area contributed by atoms with E-state index < -0.39 is 27.1 Å². The van der Waals surface area contributed by atoms with Gasteiger partial charge in [0.1, 0.15) is 5.39 Å². The number of hydrogen-bond acceptors (Lipinski definition) is 6. The van der Waals surface area contributed by atoms with Gasteiger partial charge < -0.3 is 5.11 Å². The van der Waals surface area contributed by atoms with Crippen LogP contribution in [0.1, 0.15) is 21.5 Å². The highest BCUT2D eigenvalue weighted by atomic mass is 32.2. The number of sulfone groups is 1. The summed E-state index contributed by atoms with van der Waals surface area (Å²) in [5.74, 6) is -1.12. The number of benzene rings is 4. The first kappa shape index (κ1) is 27.9. The molecule has 4 aromatic carbocycles. The lowest BCUT2D eigenvalue weighted by Crippen LogP contribution is -2.38. The van der Waals surface area contributed by atoms with Crippen LogP contribution in [0.15, 0.2) is 105 Å². The van der Waals surface area contributed by atoms with Crippen molar-refractivity contribution < 1.29 is 18.3 Å². The summed E-state index contributed by atoms with van der Waals surface area (Å²) in [6.45, 7) is 0.177. The zero-order valence-electron chi connectivity index (χ0n) is 23.3. The zero-order chi connectivity index (χ0) is 30.5. The fraction of sp³-hybridized carbons (Fsp3) is 0.125. The Morgan fingerprint density at radius 3 is 2.37 bits per heavy atom. The summed E-state index contributed by atoms with van der Waals surface area (Å²) in [5.41, 5.74) is 1.19. The van der Waals surface area contributed by atoms with Crippen LogP contribution in [-0.4, -0.2) is 44.7 Å². The molecule has 10 nitrogen and oxygen atoms in total. The van der Waals surface area contributed by atoms with Gasteiger partial charge in [0.25, 0.3) is 5.56 Å². The summed E-state index contributed by atoms with van der Waals surface area (Å²) in [6, 6.07) is 26.2. The van der Waals surface area contributed by atoms with E-state index in [1.807, 2.05) is 42.5 Å². The van der Waals surface area contributed by atoms with E-state index in [-0.39, 0.29) is 34.6 Å². The second-order valence-corrected chi connectivity index (χ2v) is 12.4. The maximum absolute atomic E-state index is 13.7. The summed E-state index contributed by atoms with van der Waals surface area (Å²) < 4.78 is 28.3. The first-order valence-corrected chi connectivity index (χ1v) is 15.2. The fourth-order valence-electron chi connectivity index (χ4n) is 5.36. The van der Waals surface area contributed by atoms with E-state index in [0.29, 0.717) is 16.8 Å². The Morgan fingerprint density at radius 2 is 1.60 bits per heavy atom. The number of carboxylic acid groups (broad SMARTS) is 1. The number of carbonyl (C=O) groups is 1. The number of aromatic carboxylic acids is 1. The van der Waals surface area contributed by atoms with Gasteiger partial charge in [-0.1, -0.05) is 66.7 Å². The number of aromatic nitrogens is 4. The van der Waals surface area contributed by atoms with Crippen LogP contribution in [-0.2, 0) is 30.0 Å². The molecule has 11 heteroatoms. The third-order valence-electron chi connectivity index (χ3n) is 7.48. The van der Waals surface area contributed by atoms with E-state index >= 15 is 0 Å². The maximum atomic E-state index is 13.7. The molecular weight excluding hydrogens is 568 g/mol. The molecule has 0 aliphatic rings. The van der Waals surface area contributed by atoms with Crippen LogP contribution in [0.5, 0.6) is 0 Å². The van der Waals surface area contributed by atoms with E-state index in [1.54, 1.807) is 28.9 Å². The maximum Gasteiger partial charge on any atom is 0.335 e. The predicted molar refractivity (Wildman–Crippen MR) is 163 cm³/mol. The van der Waals surface area contributed by atoms with Crippen LogP contribution >= 0.6 is 0 Å². The van der Waals surface area contributed by atoms with Crippen LogP contribution < -0.4 is 11.2 Å². The van der Waals surface area contributed by atoms with Crippen LogP contribution in [0.3, 0.4) is 0 Å². The molecule has 0 bridgehead atoms. The van der Waals surface area contributed by atoms with Crippen LogP contribution in [0, 0.1) is 0 Å². The minimum Gasteiger partial charge on any atom is -0.478 e. The highest BCUT2D eigenvalue weighted by Gasteiger charge is 2.24. The number of hydrogen-bond donors (Lipinski definition) is 1. The molecule has 2 aromatic heterocycles. The van der Waals surface area contributed by atoms with Gasteiger partial charge in [-0.2, -0.15) is 5.10 Å². The normalized spacial score (nSPS) is 11.8. The topological polar surface area (TPSA) is 133 Å². The Kier molecular flexibility index (Phi) is 6.82. The summed E-state index contributed by atoms with van der Waals surface area (Å²) in [5, 5.41) is 16.6. The lowest BCUT2D eigenvalue weighted by molar-refractivity contribution is 0.0697. The van der Waals surface area contributed by atoms with Crippen molar-refractivity contribution in [1.29, 1.82) is 0 Å². The van der Waals surface area contributed by atoms with Gasteiger partial charge in [-0.25, -0.2) is 18.0 Å². The molecule has 1 N–H and O–H groups in total. The van der Waals surface area contributed by atoms with Gasteiger partial charge in [0.15, 0.2) is 15.5 Å². The van der Waals surface area contributed by atoms with Gasteiger partial charge in [0, 0.05) is 18.9 Å². The summed E-state index contributed by atoms with van der Waals surface area (Å²) in [6.07, 6.45) is 1.11. The van der Waals surface area contributed by atoms with Gasteiger partial charge >= 0.3 is 11.7 Å². The van der Waals surface area contributed by atoms with Crippen molar-refractivity contribution >= 4 is 37.6 Å². The van der Waals surface area contributed by atoms with Crippen molar-refractivity contribution in [2.75, 3.05) is 6.26 Å². The third kappa shape index (κ3) is 5.04. The smallest absolute Gasteiger partial charge is 0.335 e. The van der Waals surface area contributed by atoms with Crippen molar-refractivity contribution in [2.45, 2.75) is 18.0 Å². The van der Waals surface area contributed by atoms with Crippen molar-refractivity contribution in [2.24, 2.45) is 7.05 Å². The molecule has 216 valence electrons. The molecule has 0 fully saturated rings. The standard InChI is InChI=1S/C32H26N4O6S/c1-34-30(37)27-28(22-11-7-12-23(17-22)31(38)39)36(19-24-13-6-10-21-9-3-4-15-26(21)24)33-29(27)35(32(34)40)18-20-8-5-14-25(16-20)43(2,41)42/h3-17H,18-19H2,1-2H3,(H,38,39). The quantitative estimate of drug-likeness (QED) is 0.296. The third-order valence-corrected chi connectivity index (χ3v) is 8.59. The molecule has 0 aliphatic heterocycles. The van der Waals surface area contributed by atoms with E-state index in [1.165, 1.54) is 35.9 Å². The molecule has 6 aromatic rings. The fourth-order valence-corrected chi connectivity index (χ4v) is 6.05. The SMILES string of the molecule is Cn1c(=O)c2c(-c3cccc(C(=O)O)c3)n(Cc3cccc4ccccc34)nc2n(Cc2cccc(S(C)(=O)=O)c2)c1=O. The molecule has 0 saturated carbocycles. The monoisotopic (exact) mass is 594 g/mol. The van der Waals surface area contributed by atoms with Crippen LogP contribution in [0.2, 0.25) is 0 Å². The molecule has 0 unspecified atom stereocenters. The largest absolute Gasteiger partial charge is 0.478 e. The average molecular weight is 595 g/mol. The second-order valence-electron chi connectivity index (χ2n) is 10.4. The molecule has 0 aliphatic carbocycles. The Hall–Kier alpha value is -5.29. The Balaban J connectivity index is 1.64. The minimum absolute atomic E-state index is 0.0336. The molecule has 0 radical (unpaired) electrons. The number of rotatable bonds is 7. The van der Waals surface area contributed by atoms with Crippen molar-refractivity contribution in [1.82, 2.24) is 18.9 Å². The first-order valence-electron chi connectivity index (χ1n) is 13.3. The van der Waals surface area contributed by atoms with E-state index in [9.17, 15) is 27.9 Å². The van der Waals surface area contributed by atoms with Gasteiger partial charge in [0.05, 0.1) is 29.2 Å². The Bertz CT molecular complexity index is 2310.